The highest BCUT2D eigenvalue weighted by molar-refractivity contribution is 7.87. The van der Waals surface area contributed by atoms with Gasteiger partial charge in [-0.2, -0.15) is 13.7 Å². The van der Waals surface area contributed by atoms with Crippen LogP contribution in [-0.4, -0.2) is 26.4 Å². The van der Waals surface area contributed by atoms with Gasteiger partial charge in [0.15, 0.2) is 16.6 Å². The fraction of sp³-hybridized carbons (Fsp3) is 0.0741. The standard InChI is InChI=1S/C27H21N3O5S2/c1-18-8-11-22(12-9-18)37(32,33)35-24-13-10-19(15-25(24)34-2)14-21(16-28)26(31)30-27-29-23(17-36-27)20-6-4-3-5-7-20/h3-15,17H,1-2H3,(H,29,30,31). The van der Waals surface area contributed by atoms with E-state index in [0.717, 1.165) is 11.1 Å². The summed E-state index contributed by atoms with van der Waals surface area (Å²) < 4.78 is 35.9. The number of thiazole rings is 1. The summed E-state index contributed by atoms with van der Waals surface area (Å²) in [7, 11) is -2.73. The molecule has 3 aromatic carbocycles. The summed E-state index contributed by atoms with van der Waals surface area (Å²) in [5.41, 5.74) is 2.81. The highest BCUT2D eigenvalue weighted by Crippen LogP contribution is 2.32. The Morgan fingerprint density at radius 2 is 1.78 bits per heavy atom. The third-order valence-corrected chi connectivity index (χ3v) is 7.17. The molecule has 1 amide bonds. The van der Waals surface area contributed by atoms with Crippen LogP contribution in [0.2, 0.25) is 0 Å². The zero-order valence-corrected chi connectivity index (χ0v) is 21.5. The molecule has 1 N–H and O–H groups in total. The van der Waals surface area contributed by atoms with Crippen molar-refractivity contribution < 1.29 is 22.1 Å². The Hall–Kier alpha value is -4.46. The van der Waals surface area contributed by atoms with Gasteiger partial charge in [0.1, 0.15) is 16.5 Å². The van der Waals surface area contributed by atoms with E-state index in [2.05, 4.69) is 10.3 Å². The maximum atomic E-state index is 12.7. The molecule has 186 valence electrons. The quantitative estimate of drug-likeness (QED) is 0.183. The van der Waals surface area contributed by atoms with Crippen molar-refractivity contribution in [3.63, 3.8) is 0 Å². The highest BCUT2D eigenvalue weighted by atomic mass is 32.2. The molecule has 10 heteroatoms. The van der Waals surface area contributed by atoms with E-state index in [4.69, 9.17) is 8.92 Å². The van der Waals surface area contributed by atoms with Gasteiger partial charge in [0.05, 0.1) is 12.8 Å². The second-order valence-corrected chi connectivity index (χ2v) is 10.2. The van der Waals surface area contributed by atoms with Gasteiger partial charge < -0.3 is 8.92 Å². The van der Waals surface area contributed by atoms with E-state index in [1.165, 1.54) is 54.9 Å². The molecule has 0 aliphatic heterocycles. The van der Waals surface area contributed by atoms with Crippen LogP contribution in [0.5, 0.6) is 11.5 Å². The van der Waals surface area contributed by atoms with Crippen molar-refractivity contribution in [2.45, 2.75) is 11.8 Å². The monoisotopic (exact) mass is 531 g/mol. The van der Waals surface area contributed by atoms with Crippen LogP contribution in [0.3, 0.4) is 0 Å². The van der Waals surface area contributed by atoms with Gasteiger partial charge in [-0.3, -0.25) is 10.1 Å². The van der Waals surface area contributed by atoms with Gasteiger partial charge in [0, 0.05) is 10.9 Å². The molecule has 0 fully saturated rings. The molecule has 0 aliphatic carbocycles. The Morgan fingerprint density at radius 1 is 1.05 bits per heavy atom. The molecule has 0 aliphatic rings. The SMILES string of the molecule is COc1cc(C=C(C#N)C(=O)Nc2nc(-c3ccccc3)cs2)ccc1OS(=O)(=O)c1ccc(C)cc1. The number of methoxy groups -OCH3 is 1. The lowest BCUT2D eigenvalue weighted by Crippen LogP contribution is -2.13. The number of anilines is 1. The summed E-state index contributed by atoms with van der Waals surface area (Å²) in [5, 5.41) is 14.4. The van der Waals surface area contributed by atoms with Crippen molar-refractivity contribution in [3.05, 3.63) is 94.9 Å². The lowest BCUT2D eigenvalue weighted by molar-refractivity contribution is -0.112. The number of nitrogens with one attached hydrogen (secondary N) is 1. The Kier molecular flexibility index (Phi) is 7.67. The molecule has 4 aromatic rings. The number of benzene rings is 3. The lowest BCUT2D eigenvalue weighted by Gasteiger charge is -2.11. The molecule has 0 unspecified atom stereocenters. The van der Waals surface area contributed by atoms with Crippen molar-refractivity contribution >= 4 is 38.6 Å². The number of ether oxygens (including phenoxy) is 1. The number of carbonyl (C=O) groups excluding carboxylic acids is 1. The van der Waals surface area contributed by atoms with Crippen LogP contribution in [0, 0.1) is 18.3 Å². The first kappa shape index (κ1) is 25.6. The molecule has 0 spiro atoms. The fourth-order valence-corrected chi connectivity index (χ4v) is 4.92. The molecule has 37 heavy (non-hydrogen) atoms. The Bertz CT molecular complexity index is 1600. The number of hydrogen-bond acceptors (Lipinski definition) is 8. The summed E-state index contributed by atoms with van der Waals surface area (Å²) >= 11 is 1.25. The van der Waals surface area contributed by atoms with Gasteiger partial charge in [-0.1, -0.05) is 54.1 Å². The molecule has 1 heterocycles. The third kappa shape index (κ3) is 6.22. The van der Waals surface area contributed by atoms with Gasteiger partial charge in [0.25, 0.3) is 5.91 Å². The second kappa shape index (κ2) is 11.1. The van der Waals surface area contributed by atoms with Gasteiger partial charge in [-0.25, -0.2) is 4.98 Å². The Morgan fingerprint density at radius 3 is 2.46 bits per heavy atom. The zero-order chi connectivity index (χ0) is 26.4. The number of aryl methyl sites for hydroxylation is 1. The van der Waals surface area contributed by atoms with Gasteiger partial charge in [-0.05, 0) is 42.8 Å². The summed E-state index contributed by atoms with van der Waals surface area (Å²) in [6.07, 6.45) is 1.36. The van der Waals surface area contributed by atoms with Crippen molar-refractivity contribution in [3.8, 4) is 28.8 Å². The molecule has 0 saturated carbocycles. The lowest BCUT2D eigenvalue weighted by atomic mass is 10.1. The van der Waals surface area contributed by atoms with Crippen LogP contribution in [-0.2, 0) is 14.9 Å². The van der Waals surface area contributed by atoms with Crippen LogP contribution in [0.1, 0.15) is 11.1 Å². The Balaban J connectivity index is 1.52. The first-order valence-electron chi connectivity index (χ1n) is 10.9. The van der Waals surface area contributed by atoms with Crippen LogP contribution in [0.4, 0.5) is 5.13 Å². The minimum Gasteiger partial charge on any atom is -0.493 e. The van der Waals surface area contributed by atoms with E-state index in [1.807, 2.05) is 48.7 Å². The van der Waals surface area contributed by atoms with E-state index in [1.54, 1.807) is 12.1 Å². The number of aromatic nitrogens is 1. The predicted molar refractivity (Wildman–Crippen MR) is 142 cm³/mol. The molecule has 0 saturated heterocycles. The van der Waals surface area contributed by atoms with Crippen molar-refractivity contribution in [1.82, 2.24) is 4.98 Å². The minimum atomic E-state index is -4.09. The van der Waals surface area contributed by atoms with Crippen LogP contribution >= 0.6 is 11.3 Å². The maximum absolute atomic E-state index is 12.7. The Labute approximate surface area is 218 Å². The van der Waals surface area contributed by atoms with Crippen LogP contribution < -0.4 is 14.2 Å². The molecule has 0 bridgehead atoms. The van der Waals surface area contributed by atoms with E-state index in [9.17, 15) is 18.5 Å². The average Bonchev–Trinajstić information content (AvgIpc) is 3.37. The summed E-state index contributed by atoms with van der Waals surface area (Å²) in [6.45, 7) is 1.85. The highest BCUT2D eigenvalue weighted by Gasteiger charge is 2.20. The maximum Gasteiger partial charge on any atom is 0.339 e. The molecular formula is C27H21N3O5S2. The smallest absolute Gasteiger partial charge is 0.339 e. The number of hydrogen-bond donors (Lipinski definition) is 1. The van der Waals surface area contributed by atoms with Crippen molar-refractivity contribution in [2.24, 2.45) is 0 Å². The summed E-state index contributed by atoms with van der Waals surface area (Å²) in [4.78, 5) is 17.1. The number of amides is 1. The van der Waals surface area contributed by atoms with Crippen molar-refractivity contribution in [1.29, 1.82) is 5.26 Å². The first-order chi connectivity index (χ1) is 17.8. The van der Waals surface area contributed by atoms with E-state index in [0.29, 0.717) is 16.4 Å². The predicted octanol–water partition coefficient (Wildman–Crippen LogP) is 5.44. The van der Waals surface area contributed by atoms with Gasteiger partial charge in [-0.15, -0.1) is 11.3 Å². The molecule has 0 atom stereocenters. The number of rotatable bonds is 8. The normalized spacial score (nSPS) is 11.4. The number of nitrogens with zero attached hydrogens (tertiary/aromatic N) is 2. The second-order valence-electron chi connectivity index (χ2n) is 7.79. The fourth-order valence-electron chi connectivity index (χ4n) is 3.27. The average molecular weight is 532 g/mol. The van der Waals surface area contributed by atoms with E-state index >= 15 is 0 Å². The minimum absolute atomic E-state index is 0.00479. The molecule has 8 nitrogen and oxygen atoms in total. The van der Waals surface area contributed by atoms with Gasteiger partial charge in [0.2, 0.25) is 0 Å². The molecule has 1 aromatic heterocycles. The van der Waals surface area contributed by atoms with Crippen LogP contribution in [0.25, 0.3) is 17.3 Å². The first-order valence-corrected chi connectivity index (χ1v) is 13.2. The van der Waals surface area contributed by atoms with Crippen molar-refractivity contribution in [2.75, 3.05) is 12.4 Å². The largest absolute Gasteiger partial charge is 0.493 e. The summed E-state index contributed by atoms with van der Waals surface area (Å²) in [5.74, 6) is -0.535. The third-order valence-electron chi connectivity index (χ3n) is 5.17. The number of nitriles is 1. The van der Waals surface area contributed by atoms with Gasteiger partial charge >= 0.3 is 10.1 Å². The summed E-state index contributed by atoms with van der Waals surface area (Å²) in [6, 6.07) is 22.0. The van der Waals surface area contributed by atoms with Crippen LogP contribution in [0.15, 0.2) is 88.6 Å². The number of carbonyl (C=O) groups is 1. The van der Waals surface area contributed by atoms with E-state index < -0.39 is 16.0 Å². The zero-order valence-electron chi connectivity index (χ0n) is 19.8. The molecule has 0 radical (unpaired) electrons. The molecular weight excluding hydrogens is 510 g/mol. The molecule has 4 rings (SSSR count). The van der Waals surface area contributed by atoms with E-state index in [-0.39, 0.29) is 22.0 Å². The topological polar surface area (TPSA) is 118 Å².